The summed E-state index contributed by atoms with van der Waals surface area (Å²) in [4.78, 5) is 0. The van der Waals surface area contributed by atoms with Crippen LogP contribution in [-0.2, 0) is 16.6 Å². The lowest BCUT2D eigenvalue weighted by Crippen LogP contribution is -2.22. The molecule has 0 spiro atoms. The van der Waals surface area contributed by atoms with Gasteiger partial charge in [-0.3, -0.25) is 0 Å². The fourth-order valence-corrected chi connectivity index (χ4v) is 3.23. The van der Waals surface area contributed by atoms with Gasteiger partial charge < -0.3 is 4.74 Å². The molecule has 0 aromatic heterocycles. The van der Waals surface area contributed by atoms with Gasteiger partial charge in [-0.2, -0.15) is 0 Å². The van der Waals surface area contributed by atoms with Gasteiger partial charge in [-0.15, -0.1) is 0 Å². The fourth-order valence-electron chi connectivity index (χ4n) is 3.23. The molecule has 1 heteroatoms. The lowest BCUT2D eigenvalue weighted by Gasteiger charge is -2.27. The van der Waals surface area contributed by atoms with Gasteiger partial charge in [0.2, 0.25) is 0 Å². The largest absolute Gasteiger partial charge is 0.381 e. The van der Waals surface area contributed by atoms with Gasteiger partial charge in [0.1, 0.15) is 0 Å². The minimum atomic E-state index is 0.234. The summed E-state index contributed by atoms with van der Waals surface area (Å²) in [5.41, 5.74) is 3.03. The molecule has 0 amide bonds. The number of benzene rings is 1. The van der Waals surface area contributed by atoms with E-state index in [1.54, 1.807) is 5.92 Å². The first-order chi connectivity index (χ1) is 11.0. The lowest BCUT2D eigenvalue weighted by molar-refractivity contribution is 0.0604. The van der Waals surface area contributed by atoms with E-state index in [1.165, 1.54) is 36.8 Å². The van der Waals surface area contributed by atoms with E-state index >= 15 is 0 Å². The Hall–Kier alpha value is -1.08. The zero-order valence-electron chi connectivity index (χ0n) is 15.4. The van der Waals surface area contributed by atoms with E-state index in [4.69, 9.17) is 4.74 Å². The van der Waals surface area contributed by atoms with E-state index in [-0.39, 0.29) is 5.41 Å². The second-order valence-electron chi connectivity index (χ2n) is 7.79. The molecule has 23 heavy (non-hydrogen) atoms. The summed E-state index contributed by atoms with van der Waals surface area (Å²) in [7, 11) is 0. The standard InChI is InChI=1S/C22H33O/c1-5-8-19(20-11-7-16-23-17-20)10-6-9-18-12-14-21(15-13-18)22(2,3)4/h6,10,12-15,20H,5,7-9,11,16-17H2,1-4H3. The molecule has 0 aliphatic carbocycles. The van der Waals surface area contributed by atoms with Crippen LogP contribution in [0.2, 0.25) is 0 Å². The molecule has 1 unspecified atom stereocenters. The highest BCUT2D eigenvalue weighted by Gasteiger charge is 2.21. The Kier molecular flexibility index (Phi) is 6.89. The summed E-state index contributed by atoms with van der Waals surface area (Å²) in [5.74, 6) is 2.22. The van der Waals surface area contributed by atoms with Crippen LogP contribution in [0.15, 0.2) is 36.4 Å². The Bertz CT molecular complexity index is 472. The van der Waals surface area contributed by atoms with E-state index in [9.17, 15) is 0 Å². The Morgan fingerprint density at radius 1 is 1.22 bits per heavy atom. The Morgan fingerprint density at radius 3 is 2.52 bits per heavy atom. The summed E-state index contributed by atoms with van der Waals surface area (Å²) in [6.45, 7) is 10.9. The van der Waals surface area contributed by atoms with Gasteiger partial charge in [0.05, 0.1) is 6.61 Å². The summed E-state index contributed by atoms with van der Waals surface area (Å²) >= 11 is 0. The molecule has 0 saturated carbocycles. The second-order valence-corrected chi connectivity index (χ2v) is 7.79. The highest BCUT2D eigenvalue weighted by Crippen LogP contribution is 2.29. The molecule has 1 fully saturated rings. The van der Waals surface area contributed by atoms with Crippen LogP contribution >= 0.6 is 0 Å². The predicted octanol–water partition coefficient (Wildman–Crippen LogP) is 5.88. The first-order valence-corrected chi connectivity index (χ1v) is 9.20. The van der Waals surface area contributed by atoms with Gasteiger partial charge in [-0.05, 0) is 48.1 Å². The van der Waals surface area contributed by atoms with Crippen molar-refractivity contribution in [2.24, 2.45) is 5.92 Å². The maximum Gasteiger partial charge on any atom is 0.0502 e. The highest BCUT2D eigenvalue weighted by atomic mass is 16.5. The maximum atomic E-state index is 5.66. The molecule has 127 valence electrons. The van der Waals surface area contributed by atoms with Gasteiger partial charge in [0.25, 0.3) is 0 Å². The zero-order chi connectivity index (χ0) is 16.7. The summed E-state index contributed by atoms with van der Waals surface area (Å²) in [6, 6.07) is 9.09. The molecule has 2 rings (SSSR count). The van der Waals surface area contributed by atoms with Crippen LogP contribution in [-0.4, -0.2) is 13.2 Å². The molecule has 1 radical (unpaired) electrons. The topological polar surface area (TPSA) is 9.23 Å². The van der Waals surface area contributed by atoms with Crippen LogP contribution < -0.4 is 0 Å². The number of ether oxygens (including phenoxy) is 1. The van der Waals surface area contributed by atoms with Crippen molar-refractivity contribution in [2.75, 3.05) is 13.2 Å². The van der Waals surface area contributed by atoms with Crippen molar-refractivity contribution in [1.82, 2.24) is 0 Å². The van der Waals surface area contributed by atoms with E-state index < -0.39 is 0 Å². The SMILES string of the molecule is CCC[C](C=CCc1ccc(C(C)(C)C)cc1)C1CCCOC1. The van der Waals surface area contributed by atoms with Crippen molar-refractivity contribution in [2.45, 2.75) is 65.2 Å². The van der Waals surface area contributed by atoms with E-state index in [2.05, 4.69) is 64.1 Å². The molecular weight excluding hydrogens is 280 g/mol. The summed E-state index contributed by atoms with van der Waals surface area (Å²) in [5, 5.41) is 0. The molecule has 0 bridgehead atoms. The molecule has 1 heterocycles. The van der Waals surface area contributed by atoms with Crippen LogP contribution in [0.3, 0.4) is 0 Å². The van der Waals surface area contributed by atoms with Gasteiger partial charge in [-0.25, -0.2) is 0 Å². The fraction of sp³-hybridized carbons (Fsp3) is 0.591. The number of allylic oxidation sites excluding steroid dienone is 2. The normalized spacial score (nSPS) is 19.6. The van der Waals surface area contributed by atoms with Gasteiger partial charge in [0.15, 0.2) is 0 Å². The molecule has 1 aromatic carbocycles. The van der Waals surface area contributed by atoms with E-state index in [0.717, 1.165) is 19.6 Å². The van der Waals surface area contributed by atoms with Crippen molar-refractivity contribution in [1.29, 1.82) is 0 Å². The quantitative estimate of drug-likeness (QED) is 0.637. The molecule has 1 aliphatic rings. The van der Waals surface area contributed by atoms with Crippen LogP contribution in [0.25, 0.3) is 0 Å². The maximum absolute atomic E-state index is 5.66. The summed E-state index contributed by atoms with van der Waals surface area (Å²) < 4.78 is 5.66. The van der Waals surface area contributed by atoms with Crippen molar-refractivity contribution in [3.8, 4) is 0 Å². The molecule has 1 saturated heterocycles. The summed E-state index contributed by atoms with van der Waals surface area (Å²) in [6.07, 6.45) is 10.7. The van der Waals surface area contributed by atoms with E-state index in [0.29, 0.717) is 5.92 Å². The van der Waals surface area contributed by atoms with Crippen molar-refractivity contribution >= 4 is 0 Å². The van der Waals surface area contributed by atoms with Crippen LogP contribution in [0.1, 0.15) is 64.5 Å². The van der Waals surface area contributed by atoms with Crippen LogP contribution in [0.5, 0.6) is 0 Å². The van der Waals surface area contributed by atoms with Crippen molar-refractivity contribution in [3.05, 3.63) is 53.5 Å². The third-order valence-electron chi connectivity index (χ3n) is 4.73. The second kappa shape index (κ2) is 8.68. The first-order valence-electron chi connectivity index (χ1n) is 9.20. The predicted molar refractivity (Wildman–Crippen MR) is 99.7 cm³/mol. The van der Waals surface area contributed by atoms with Gasteiger partial charge >= 0.3 is 0 Å². The van der Waals surface area contributed by atoms with Crippen LogP contribution in [0, 0.1) is 11.8 Å². The smallest absolute Gasteiger partial charge is 0.0502 e. The third-order valence-corrected chi connectivity index (χ3v) is 4.73. The molecule has 1 atom stereocenters. The average molecular weight is 314 g/mol. The lowest BCUT2D eigenvalue weighted by atomic mass is 9.84. The number of hydrogen-bond acceptors (Lipinski definition) is 1. The van der Waals surface area contributed by atoms with Crippen molar-refractivity contribution < 1.29 is 4.74 Å². The third kappa shape index (κ3) is 5.80. The molecule has 1 aromatic rings. The highest BCUT2D eigenvalue weighted by molar-refractivity contribution is 5.29. The van der Waals surface area contributed by atoms with Crippen LogP contribution in [0.4, 0.5) is 0 Å². The van der Waals surface area contributed by atoms with Gasteiger partial charge in [-0.1, -0.05) is 70.5 Å². The van der Waals surface area contributed by atoms with Crippen molar-refractivity contribution in [3.63, 3.8) is 0 Å². The Morgan fingerprint density at radius 2 is 1.96 bits per heavy atom. The zero-order valence-corrected chi connectivity index (χ0v) is 15.4. The molecular formula is C22H33O. The first kappa shape index (κ1) is 18.3. The van der Waals surface area contributed by atoms with Gasteiger partial charge in [0, 0.05) is 12.5 Å². The number of hydrogen-bond donors (Lipinski definition) is 0. The molecule has 0 N–H and O–H groups in total. The Balaban J connectivity index is 1.92. The molecule has 1 aliphatic heterocycles. The number of rotatable bonds is 6. The van der Waals surface area contributed by atoms with E-state index in [1.807, 2.05) is 0 Å². The minimum Gasteiger partial charge on any atom is -0.381 e. The monoisotopic (exact) mass is 313 g/mol. The Labute approximate surface area is 143 Å². The average Bonchev–Trinajstić information content (AvgIpc) is 2.54. The minimum absolute atomic E-state index is 0.234. The molecule has 1 nitrogen and oxygen atoms in total.